The smallest absolute Gasteiger partial charge is 0.317 e. The molecule has 114 valence electrons. The minimum absolute atomic E-state index is 0.215. The number of carbonyl (C=O) groups is 2. The second-order valence-corrected chi connectivity index (χ2v) is 6.39. The van der Waals surface area contributed by atoms with Gasteiger partial charge in [-0.3, -0.25) is 10.1 Å². The largest absolute Gasteiger partial charge is 0.365 e. The van der Waals surface area contributed by atoms with Crippen molar-refractivity contribution < 1.29 is 9.59 Å². The lowest BCUT2D eigenvalue weighted by atomic mass is 9.80. The molecular formula is C16H17N3O2S. The molecule has 5 nitrogen and oxygen atoms in total. The van der Waals surface area contributed by atoms with Gasteiger partial charge in [-0.25, -0.2) is 4.79 Å². The minimum Gasteiger partial charge on any atom is -0.365 e. The maximum absolute atomic E-state index is 11.9. The van der Waals surface area contributed by atoms with Crippen LogP contribution in [0.4, 0.5) is 9.80 Å². The number of urea groups is 1. The lowest BCUT2D eigenvalue weighted by Gasteiger charge is -2.25. The van der Waals surface area contributed by atoms with Crippen LogP contribution in [0.3, 0.4) is 0 Å². The number of hydrogen-bond donors (Lipinski definition) is 3. The summed E-state index contributed by atoms with van der Waals surface area (Å²) in [5.41, 5.74) is 14.5. The van der Waals surface area contributed by atoms with Gasteiger partial charge in [0.05, 0.1) is 5.56 Å². The van der Waals surface area contributed by atoms with Gasteiger partial charge in [0, 0.05) is 4.88 Å². The third-order valence-electron chi connectivity index (χ3n) is 4.06. The van der Waals surface area contributed by atoms with E-state index < -0.39 is 11.9 Å². The SMILES string of the molecule is CCC1Cc2ccccc2-c2sc(NC(N)=O)c(C(N)=O)c21. The molecule has 1 heterocycles. The van der Waals surface area contributed by atoms with Gasteiger partial charge in [-0.1, -0.05) is 31.2 Å². The number of amides is 3. The molecule has 1 aliphatic rings. The van der Waals surface area contributed by atoms with Crippen molar-refractivity contribution in [2.45, 2.75) is 25.7 Å². The number of carbonyl (C=O) groups excluding carboxylic acids is 2. The second kappa shape index (κ2) is 5.46. The topological polar surface area (TPSA) is 98.2 Å². The summed E-state index contributed by atoms with van der Waals surface area (Å²) in [6.45, 7) is 2.09. The Kier molecular flexibility index (Phi) is 3.62. The molecule has 1 aliphatic carbocycles. The van der Waals surface area contributed by atoms with Crippen LogP contribution in [-0.4, -0.2) is 11.9 Å². The van der Waals surface area contributed by atoms with Crippen molar-refractivity contribution in [1.82, 2.24) is 0 Å². The number of rotatable bonds is 3. The van der Waals surface area contributed by atoms with Gasteiger partial charge in [0.2, 0.25) is 0 Å². The monoisotopic (exact) mass is 315 g/mol. The molecule has 3 rings (SSSR count). The predicted octanol–water partition coefficient (Wildman–Crippen LogP) is 3.05. The highest BCUT2D eigenvalue weighted by molar-refractivity contribution is 7.20. The van der Waals surface area contributed by atoms with Gasteiger partial charge in [-0.15, -0.1) is 11.3 Å². The maximum Gasteiger partial charge on any atom is 0.317 e. The number of nitrogens with two attached hydrogens (primary N) is 2. The van der Waals surface area contributed by atoms with Gasteiger partial charge >= 0.3 is 6.03 Å². The number of fused-ring (bicyclic) bond motifs is 3. The molecule has 1 atom stereocenters. The first-order valence-electron chi connectivity index (χ1n) is 7.14. The summed E-state index contributed by atoms with van der Waals surface area (Å²) in [7, 11) is 0. The summed E-state index contributed by atoms with van der Waals surface area (Å²) >= 11 is 1.37. The third-order valence-corrected chi connectivity index (χ3v) is 5.21. The van der Waals surface area contributed by atoms with Gasteiger partial charge in [0.15, 0.2) is 0 Å². The van der Waals surface area contributed by atoms with Gasteiger partial charge < -0.3 is 11.5 Å². The van der Waals surface area contributed by atoms with Crippen molar-refractivity contribution in [2.24, 2.45) is 11.5 Å². The molecule has 1 unspecified atom stereocenters. The second-order valence-electron chi connectivity index (χ2n) is 5.37. The Balaban J connectivity index is 2.27. The Hall–Kier alpha value is -2.34. The average molecular weight is 315 g/mol. The third kappa shape index (κ3) is 2.25. The molecule has 0 saturated carbocycles. The number of hydrogen-bond acceptors (Lipinski definition) is 3. The minimum atomic E-state index is -0.692. The zero-order valence-electron chi connectivity index (χ0n) is 12.2. The van der Waals surface area contributed by atoms with Crippen molar-refractivity contribution in [2.75, 3.05) is 5.32 Å². The Morgan fingerprint density at radius 2 is 2.05 bits per heavy atom. The molecule has 0 saturated heterocycles. The summed E-state index contributed by atoms with van der Waals surface area (Å²) < 4.78 is 0. The van der Waals surface area contributed by atoms with Gasteiger partial charge in [-0.2, -0.15) is 0 Å². The van der Waals surface area contributed by atoms with Crippen LogP contribution in [0.1, 0.15) is 40.7 Å². The molecule has 3 amide bonds. The maximum atomic E-state index is 11.9. The molecule has 0 fully saturated rings. The Morgan fingerprint density at radius 3 is 2.68 bits per heavy atom. The molecule has 0 aliphatic heterocycles. The average Bonchev–Trinajstić information content (AvgIpc) is 2.84. The first kappa shape index (κ1) is 14.6. The Morgan fingerprint density at radius 1 is 1.32 bits per heavy atom. The standard InChI is InChI=1S/C16H17N3O2S/c1-2-8-7-9-5-3-4-6-10(9)13-11(8)12(14(17)20)15(22-13)19-16(18)21/h3-6,8H,2,7H2,1H3,(H2,17,20)(H3,18,19,21). The van der Waals surface area contributed by atoms with E-state index in [1.165, 1.54) is 16.9 Å². The van der Waals surface area contributed by atoms with Crippen molar-refractivity contribution >= 4 is 28.3 Å². The fraction of sp³-hybridized carbons (Fsp3) is 0.250. The Bertz CT molecular complexity index is 767. The number of anilines is 1. The molecule has 2 aromatic rings. The van der Waals surface area contributed by atoms with Crippen LogP contribution in [0.25, 0.3) is 10.4 Å². The molecule has 0 bridgehead atoms. The molecule has 1 aromatic heterocycles. The fourth-order valence-corrected chi connectivity index (χ4v) is 4.47. The van der Waals surface area contributed by atoms with E-state index >= 15 is 0 Å². The number of nitrogens with one attached hydrogen (secondary N) is 1. The summed E-state index contributed by atoms with van der Waals surface area (Å²) in [6, 6.07) is 7.44. The molecule has 6 heteroatoms. The van der Waals surface area contributed by atoms with E-state index in [-0.39, 0.29) is 5.92 Å². The highest BCUT2D eigenvalue weighted by Crippen LogP contribution is 2.50. The van der Waals surface area contributed by atoms with Crippen molar-refractivity contribution in [3.05, 3.63) is 41.0 Å². The highest BCUT2D eigenvalue weighted by Gasteiger charge is 2.32. The van der Waals surface area contributed by atoms with Crippen molar-refractivity contribution in [3.63, 3.8) is 0 Å². The molecule has 0 spiro atoms. The van der Waals surface area contributed by atoms with Crippen molar-refractivity contribution in [1.29, 1.82) is 0 Å². The first-order valence-corrected chi connectivity index (χ1v) is 7.95. The van der Waals surface area contributed by atoms with Crippen LogP contribution in [0.5, 0.6) is 0 Å². The fourth-order valence-electron chi connectivity index (χ4n) is 3.11. The molecular weight excluding hydrogens is 298 g/mol. The first-order chi connectivity index (χ1) is 10.5. The van der Waals surface area contributed by atoms with E-state index in [1.54, 1.807) is 0 Å². The van der Waals surface area contributed by atoms with Crippen LogP contribution in [0.2, 0.25) is 0 Å². The van der Waals surface area contributed by atoms with E-state index in [2.05, 4.69) is 18.3 Å². The molecule has 22 heavy (non-hydrogen) atoms. The van der Waals surface area contributed by atoms with Crippen LogP contribution in [-0.2, 0) is 6.42 Å². The summed E-state index contributed by atoms with van der Waals surface area (Å²) in [5.74, 6) is -0.314. The van der Waals surface area contributed by atoms with Gasteiger partial charge in [0.1, 0.15) is 5.00 Å². The van der Waals surface area contributed by atoms with E-state index in [4.69, 9.17) is 11.5 Å². The molecule has 1 aromatic carbocycles. The van der Waals surface area contributed by atoms with E-state index in [1.807, 2.05) is 18.2 Å². The van der Waals surface area contributed by atoms with Gasteiger partial charge in [-0.05, 0) is 35.4 Å². The van der Waals surface area contributed by atoms with Crippen LogP contribution in [0, 0.1) is 0 Å². The van der Waals surface area contributed by atoms with Gasteiger partial charge in [0.25, 0.3) is 5.91 Å². The van der Waals surface area contributed by atoms with Crippen LogP contribution >= 0.6 is 11.3 Å². The normalized spacial score (nSPS) is 15.8. The highest BCUT2D eigenvalue weighted by atomic mass is 32.1. The number of benzene rings is 1. The van der Waals surface area contributed by atoms with Crippen LogP contribution < -0.4 is 16.8 Å². The lowest BCUT2D eigenvalue weighted by Crippen LogP contribution is -2.23. The van der Waals surface area contributed by atoms with E-state index in [9.17, 15) is 9.59 Å². The predicted molar refractivity (Wildman–Crippen MR) is 88.2 cm³/mol. The summed E-state index contributed by atoms with van der Waals surface area (Å²) in [5, 5.41) is 2.99. The number of thiophene rings is 1. The van der Waals surface area contributed by atoms with E-state index in [0.717, 1.165) is 28.8 Å². The lowest BCUT2D eigenvalue weighted by molar-refractivity contribution is 0.1000. The zero-order chi connectivity index (χ0) is 15.9. The van der Waals surface area contributed by atoms with E-state index in [0.29, 0.717) is 10.6 Å². The number of primary amides is 2. The zero-order valence-corrected chi connectivity index (χ0v) is 13.0. The van der Waals surface area contributed by atoms with Crippen molar-refractivity contribution in [3.8, 4) is 10.4 Å². The van der Waals surface area contributed by atoms with Crippen LogP contribution in [0.15, 0.2) is 24.3 Å². The molecule has 0 radical (unpaired) electrons. The summed E-state index contributed by atoms with van der Waals surface area (Å²) in [4.78, 5) is 24.2. The molecule has 5 N–H and O–H groups in total. The Labute approximate surface area is 132 Å². The summed E-state index contributed by atoms with van der Waals surface area (Å²) in [6.07, 6.45) is 1.76. The quantitative estimate of drug-likeness (QED) is 0.811.